The minimum absolute atomic E-state index is 0.265. The molecule has 1 heterocycles. The maximum atomic E-state index is 8.63. The van der Waals surface area contributed by atoms with E-state index in [1.807, 2.05) is 19.9 Å². The van der Waals surface area contributed by atoms with E-state index in [1.165, 1.54) is 6.20 Å². The molecule has 0 spiro atoms. The van der Waals surface area contributed by atoms with Crippen LogP contribution < -0.4 is 5.32 Å². The van der Waals surface area contributed by atoms with Gasteiger partial charge in [0.25, 0.3) is 0 Å². The van der Waals surface area contributed by atoms with Crippen molar-refractivity contribution in [2.24, 2.45) is 0 Å². The van der Waals surface area contributed by atoms with Gasteiger partial charge < -0.3 is 10.1 Å². The molecule has 5 heteroatoms. The topological polar surface area (TPSA) is 70.8 Å². The fourth-order valence-electron chi connectivity index (χ4n) is 1.11. The molecular formula is C11H16N4O. The molecule has 0 unspecified atom stereocenters. The van der Waals surface area contributed by atoms with Gasteiger partial charge in [0.2, 0.25) is 0 Å². The Balaban J connectivity index is 2.24. The molecule has 86 valence electrons. The summed E-state index contributed by atoms with van der Waals surface area (Å²) in [5.41, 5.74) is 0.323. The van der Waals surface area contributed by atoms with Crippen molar-refractivity contribution in [2.45, 2.75) is 26.4 Å². The second-order valence-electron chi connectivity index (χ2n) is 3.60. The van der Waals surface area contributed by atoms with Gasteiger partial charge in [0.1, 0.15) is 11.9 Å². The number of hydrogen-bond acceptors (Lipinski definition) is 5. The SMILES string of the molecule is CC(C)OCCCNc1cncc(C#N)n1. The number of ether oxygens (including phenoxy) is 1. The Hall–Kier alpha value is -1.67. The first-order valence-electron chi connectivity index (χ1n) is 5.30. The second-order valence-corrected chi connectivity index (χ2v) is 3.60. The number of nitriles is 1. The molecule has 0 saturated heterocycles. The zero-order chi connectivity index (χ0) is 11.8. The van der Waals surface area contributed by atoms with E-state index in [9.17, 15) is 0 Å². The lowest BCUT2D eigenvalue weighted by Crippen LogP contribution is -2.10. The highest BCUT2D eigenvalue weighted by molar-refractivity contribution is 5.34. The smallest absolute Gasteiger partial charge is 0.161 e. The lowest BCUT2D eigenvalue weighted by molar-refractivity contribution is 0.0787. The first-order valence-corrected chi connectivity index (χ1v) is 5.30. The Kier molecular flexibility index (Phi) is 5.23. The fraction of sp³-hybridized carbons (Fsp3) is 0.545. The summed E-state index contributed by atoms with van der Waals surface area (Å²) in [6.45, 7) is 5.50. The van der Waals surface area contributed by atoms with Gasteiger partial charge >= 0.3 is 0 Å². The highest BCUT2D eigenvalue weighted by Gasteiger charge is 1.97. The molecule has 1 N–H and O–H groups in total. The Bertz CT molecular complexity index is 359. The molecule has 0 bridgehead atoms. The molecule has 0 radical (unpaired) electrons. The van der Waals surface area contributed by atoms with Crippen molar-refractivity contribution in [3.8, 4) is 6.07 Å². The van der Waals surface area contributed by atoms with E-state index in [0.29, 0.717) is 11.5 Å². The first kappa shape index (κ1) is 12.4. The van der Waals surface area contributed by atoms with Gasteiger partial charge in [0.15, 0.2) is 5.69 Å². The van der Waals surface area contributed by atoms with E-state index in [1.54, 1.807) is 6.20 Å². The number of rotatable bonds is 6. The molecule has 1 rings (SSSR count). The molecule has 0 fully saturated rings. The molecule has 16 heavy (non-hydrogen) atoms. The van der Waals surface area contributed by atoms with Crippen LogP contribution in [0.2, 0.25) is 0 Å². The van der Waals surface area contributed by atoms with Crippen molar-refractivity contribution >= 4 is 5.82 Å². The Labute approximate surface area is 95.5 Å². The predicted octanol–water partition coefficient (Wildman–Crippen LogP) is 1.58. The number of hydrogen-bond donors (Lipinski definition) is 1. The zero-order valence-corrected chi connectivity index (χ0v) is 9.60. The van der Waals surface area contributed by atoms with E-state index in [0.717, 1.165) is 19.6 Å². The number of nitrogens with one attached hydrogen (secondary N) is 1. The van der Waals surface area contributed by atoms with Crippen LogP contribution in [0.1, 0.15) is 26.0 Å². The average molecular weight is 220 g/mol. The Morgan fingerprint density at radius 1 is 1.50 bits per heavy atom. The van der Waals surface area contributed by atoms with Gasteiger partial charge in [-0.15, -0.1) is 0 Å². The third-order valence-corrected chi connectivity index (χ3v) is 1.83. The summed E-state index contributed by atoms with van der Waals surface area (Å²) in [6, 6.07) is 1.95. The second kappa shape index (κ2) is 6.75. The molecule has 0 amide bonds. The van der Waals surface area contributed by atoms with E-state index < -0.39 is 0 Å². The first-order chi connectivity index (χ1) is 7.72. The third-order valence-electron chi connectivity index (χ3n) is 1.83. The van der Waals surface area contributed by atoms with Crippen LogP contribution >= 0.6 is 0 Å². The van der Waals surface area contributed by atoms with E-state index in [4.69, 9.17) is 10.00 Å². The molecule has 0 aromatic carbocycles. The van der Waals surface area contributed by atoms with Crippen LogP contribution in [-0.4, -0.2) is 29.2 Å². The molecule has 5 nitrogen and oxygen atoms in total. The summed E-state index contributed by atoms with van der Waals surface area (Å²) in [4.78, 5) is 7.95. The highest BCUT2D eigenvalue weighted by atomic mass is 16.5. The van der Waals surface area contributed by atoms with Crippen molar-refractivity contribution in [1.29, 1.82) is 5.26 Å². The van der Waals surface area contributed by atoms with Crippen LogP contribution in [-0.2, 0) is 4.74 Å². The molecule has 0 aliphatic rings. The summed E-state index contributed by atoms with van der Waals surface area (Å²) in [5, 5.41) is 11.7. The third kappa shape index (κ3) is 4.71. The monoisotopic (exact) mass is 220 g/mol. The highest BCUT2D eigenvalue weighted by Crippen LogP contribution is 2.01. The van der Waals surface area contributed by atoms with Crippen molar-refractivity contribution in [3.63, 3.8) is 0 Å². The van der Waals surface area contributed by atoms with Gasteiger partial charge in [-0.2, -0.15) is 5.26 Å². The number of nitrogens with zero attached hydrogens (tertiary/aromatic N) is 3. The van der Waals surface area contributed by atoms with E-state index in [-0.39, 0.29) is 6.10 Å². The normalized spacial score (nSPS) is 10.1. The zero-order valence-electron chi connectivity index (χ0n) is 9.60. The van der Waals surface area contributed by atoms with Gasteiger partial charge in [-0.25, -0.2) is 4.98 Å². The number of aromatic nitrogens is 2. The fourth-order valence-corrected chi connectivity index (χ4v) is 1.11. The Morgan fingerprint density at radius 3 is 3.00 bits per heavy atom. The minimum Gasteiger partial charge on any atom is -0.379 e. The molecule has 0 saturated carbocycles. The standard InChI is InChI=1S/C11H16N4O/c1-9(2)16-5-3-4-14-11-8-13-7-10(6-12)15-11/h7-9H,3-5H2,1-2H3,(H,14,15). The Morgan fingerprint density at radius 2 is 2.31 bits per heavy atom. The minimum atomic E-state index is 0.265. The van der Waals surface area contributed by atoms with Gasteiger partial charge in [-0.3, -0.25) is 4.98 Å². The van der Waals surface area contributed by atoms with Gasteiger partial charge in [0.05, 0.1) is 18.5 Å². The van der Waals surface area contributed by atoms with Crippen LogP contribution in [0, 0.1) is 11.3 Å². The van der Waals surface area contributed by atoms with Crippen molar-refractivity contribution in [3.05, 3.63) is 18.1 Å². The molecule has 0 aliphatic carbocycles. The summed E-state index contributed by atoms with van der Waals surface area (Å²) >= 11 is 0. The summed E-state index contributed by atoms with van der Waals surface area (Å²) < 4.78 is 5.40. The van der Waals surface area contributed by atoms with Gasteiger partial charge in [-0.1, -0.05) is 0 Å². The molecule has 1 aromatic rings. The van der Waals surface area contributed by atoms with Crippen LogP contribution in [0.3, 0.4) is 0 Å². The van der Waals surface area contributed by atoms with Crippen LogP contribution in [0.4, 0.5) is 5.82 Å². The van der Waals surface area contributed by atoms with Crippen molar-refractivity contribution in [1.82, 2.24) is 9.97 Å². The lowest BCUT2D eigenvalue weighted by Gasteiger charge is -2.08. The molecule has 1 aromatic heterocycles. The quantitative estimate of drug-likeness (QED) is 0.737. The van der Waals surface area contributed by atoms with Crippen LogP contribution in [0.25, 0.3) is 0 Å². The summed E-state index contributed by atoms with van der Waals surface area (Å²) in [6.07, 6.45) is 4.20. The largest absolute Gasteiger partial charge is 0.379 e. The van der Waals surface area contributed by atoms with Crippen LogP contribution in [0.5, 0.6) is 0 Å². The molecular weight excluding hydrogens is 204 g/mol. The predicted molar refractivity (Wildman–Crippen MR) is 60.9 cm³/mol. The van der Waals surface area contributed by atoms with Crippen molar-refractivity contribution in [2.75, 3.05) is 18.5 Å². The maximum Gasteiger partial charge on any atom is 0.161 e. The van der Waals surface area contributed by atoms with E-state index >= 15 is 0 Å². The summed E-state index contributed by atoms with van der Waals surface area (Å²) in [7, 11) is 0. The van der Waals surface area contributed by atoms with Gasteiger partial charge in [-0.05, 0) is 20.3 Å². The lowest BCUT2D eigenvalue weighted by atomic mass is 10.4. The molecule has 0 atom stereocenters. The van der Waals surface area contributed by atoms with Crippen LogP contribution in [0.15, 0.2) is 12.4 Å². The van der Waals surface area contributed by atoms with Gasteiger partial charge in [0, 0.05) is 13.2 Å². The maximum absolute atomic E-state index is 8.63. The average Bonchev–Trinajstić information content (AvgIpc) is 2.28. The van der Waals surface area contributed by atoms with Crippen molar-refractivity contribution < 1.29 is 4.74 Å². The number of anilines is 1. The summed E-state index contributed by atoms with van der Waals surface area (Å²) in [5.74, 6) is 0.628. The molecule has 0 aliphatic heterocycles. The van der Waals surface area contributed by atoms with E-state index in [2.05, 4.69) is 15.3 Å².